The Morgan fingerprint density at radius 3 is 1.78 bits per heavy atom. The van der Waals surface area contributed by atoms with Gasteiger partial charge in [0.05, 0.1) is 50.0 Å². The summed E-state index contributed by atoms with van der Waals surface area (Å²) in [4.78, 5) is 52.2. The predicted molar refractivity (Wildman–Crippen MR) is 274 cm³/mol. The Hall–Kier alpha value is -7.12. The van der Waals surface area contributed by atoms with Crippen LogP contribution in [0.5, 0.6) is 11.5 Å². The molecule has 0 spiro atoms. The van der Waals surface area contributed by atoms with Crippen molar-refractivity contribution in [3.63, 3.8) is 0 Å². The first kappa shape index (κ1) is 53.7. The smallest absolute Gasteiger partial charge is 0.412 e. The van der Waals surface area contributed by atoms with Gasteiger partial charge in [-0.05, 0) is 92.3 Å². The predicted octanol–water partition coefficient (Wildman–Crippen LogP) is 10.2. The van der Waals surface area contributed by atoms with E-state index in [1.165, 1.54) is 41.1 Å². The van der Waals surface area contributed by atoms with Crippen molar-refractivity contribution in [2.24, 2.45) is 0 Å². The lowest BCUT2D eigenvalue weighted by molar-refractivity contribution is -0.385. The topological polar surface area (TPSA) is 218 Å². The molecule has 73 heavy (non-hydrogen) atoms. The third-order valence-electron chi connectivity index (χ3n) is 12.2. The molecule has 0 radical (unpaired) electrons. The number of non-ortho nitro benzene ring substituents is 2. The molecule has 7 rings (SSSR count). The summed E-state index contributed by atoms with van der Waals surface area (Å²) in [5, 5.41) is 24.8. The van der Waals surface area contributed by atoms with Gasteiger partial charge < -0.3 is 32.7 Å². The first-order chi connectivity index (χ1) is 35.2. The van der Waals surface area contributed by atoms with Gasteiger partial charge in [0.25, 0.3) is 19.9 Å². The molecule has 1 N–H and O–H groups in total. The van der Waals surface area contributed by atoms with E-state index in [1.807, 2.05) is 78.9 Å². The third-order valence-corrected chi connectivity index (χ3v) is 14.3. The first-order valence-electron chi connectivity index (χ1n) is 23.7. The van der Waals surface area contributed by atoms with Gasteiger partial charge >= 0.3 is 11.8 Å². The van der Waals surface area contributed by atoms with Gasteiger partial charge in [0.15, 0.2) is 0 Å². The van der Waals surface area contributed by atoms with Crippen molar-refractivity contribution >= 4 is 31.8 Å². The molecule has 1 unspecified atom stereocenters. The Balaban J connectivity index is 1.18. The zero-order valence-corrected chi connectivity index (χ0v) is 42.3. The number of anilines is 1. The van der Waals surface area contributed by atoms with Gasteiger partial charge in [-0.25, -0.2) is 14.3 Å². The number of nitro groups is 2. The van der Waals surface area contributed by atoms with Crippen LogP contribution in [0.3, 0.4) is 0 Å². The Bertz CT molecular complexity index is 2760. The fraction of sp³-hybridized carbons (Fsp3) is 0.340. The minimum Gasteiger partial charge on any atom is -0.497 e. The summed E-state index contributed by atoms with van der Waals surface area (Å²) in [5.74, 6) is 1.28. The van der Waals surface area contributed by atoms with Crippen molar-refractivity contribution in [3.05, 3.63) is 198 Å². The molecule has 1 saturated heterocycles. The number of hydrogen-bond donors (Lipinski definition) is 1. The summed E-state index contributed by atoms with van der Waals surface area (Å²) >= 11 is 0. The van der Waals surface area contributed by atoms with Crippen LogP contribution in [-0.4, -0.2) is 88.5 Å². The molecule has 20 heteroatoms. The number of amides is 1. The molecule has 4 atom stereocenters. The van der Waals surface area contributed by atoms with Crippen molar-refractivity contribution in [2.45, 2.75) is 83.1 Å². The van der Waals surface area contributed by atoms with Crippen molar-refractivity contribution < 1.29 is 47.4 Å². The van der Waals surface area contributed by atoms with Crippen LogP contribution in [0.4, 0.5) is 22.0 Å². The van der Waals surface area contributed by atoms with E-state index in [4.69, 9.17) is 32.7 Å². The van der Waals surface area contributed by atoms with Gasteiger partial charge in [0.1, 0.15) is 35.2 Å². The Morgan fingerprint density at radius 1 is 0.767 bits per heavy atom. The second kappa shape index (κ2) is 25.0. The number of nitrogens with one attached hydrogen (secondary N) is 1. The van der Waals surface area contributed by atoms with Gasteiger partial charge in [-0.1, -0.05) is 78.9 Å². The lowest BCUT2D eigenvalue weighted by Crippen LogP contribution is -2.39. The number of benzene rings is 5. The summed E-state index contributed by atoms with van der Waals surface area (Å²) in [5.41, 5.74) is 2.03. The maximum absolute atomic E-state index is 13.9. The summed E-state index contributed by atoms with van der Waals surface area (Å²) in [6.45, 7) is 8.39. The summed E-state index contributed by atoms with van der Waals surface area (Å²) in [7, 11) is 1.41. The molecular formula is C53H59N6O13P. The molecule has 1 fully saturated rings. The third kappa shape index (κ3) is 13.5. The zero-order chi connectivity index (χ0) is 52.1. The first-order valence-corrected chi connectivity index (χ1v) is 24.8. The fourth-order valence-electron chi connectivity index (χ4n) is 8.57. The van der Waals surface area contributed by atoms with Crippen molar-refractivity contribution in [1.29, 1.82) is 0 Å². The van der Waals surface area contributed by atoms with Gasteiger partial charge in [0, 0.05) is 55.4 Å². The van der Waals surface area contributed by atoms with Crippen LogP contribution in [0.2, 0.25) is 0 Å². The second-order valence-electron chi connectivity index (χ2n) is 17.6. The van der Waals surface area contributed by atoms with Gasteiger partial charge in [-0.2, -0.15) is 4.98 Å². The van der Waals surface area contributed by atoms with Crippen LogP contribution in [0, 0.1) is 20.2 Å². The number of ether oxygens (including phenoxy) is 5. The number of nitrogens with zero attached hydrogens (tertiary/aromatic N) is 5. The SMILES string of the molecule is COc1ccc(C(OC[C@H]2O[C@@H](n3ccc(NC(=O)OCCc4ccc([N+](=O)[O-])cc4)nc3=O)C[C@@H]2OP(OCCc2ccc([N+](=O)[O-])cc2)N(C(C)C)C(C)C)(c2ccccc2)c2ccc(OC)cc2)cc1. The van der Waals surface area contributed by atoms with Crippen molar-refractivity contribution in [3.8, 4) is 11.5 Å². The number of carbonyl (C=O) groups excluding carboxylic acids is 1. The summed E-state index contributed by atoms with van der Waals surface area (Å²) in [6.07, 6.45) is -0.850. The Kier molecular flexibility index (Phi) is 18.4. The molecule has 1 aliphatic heterocycles. The molecule has 0 bridgehead atoms. The largest absolute Gasteiger partial charge is 0.497 e. The minimum absolute atomic E-state index is 0.00292. The van der Waals surface area contributed by atoms with Crippen LogP contribution in [0.15, 0.2) is 144 Å². The summed E-state index contributed by atoms with van der Waals surface area (Å²) < 4.78 is 47.8. The molecule has 19 nitrogen and oxygen atoms in total. The van der Waals surface area contributed by atoms with Crippen LogP contribution in [-0.2, 0) is 41.7 Å². The van der Waals surface area contributed by atoms with E-state index in [-0.39, 0.29) is 55.5 Å². The molecule has 1 aromatic heterocycles. The van der Waals surface area contributed by atoms with E-state index in [9.17, 15) is 29.8 Å². The van der Waals surface area contributed by atoms with Gasteiger partial charge in [-0.15, -0.1) is 0 Å². The van der Waals surface area contributed by atoms with Crippen LogP contribution in [0.1, 0.15) is 68.2 Å². The molecule has 384 valence electrons. The quantitative estimate of drug-likeness (QED) is 0.0258. The van der Waals surface area contributed by atoms with Crippen LogP contribution >= 0.6 is 8.53 Å². The van der Waals surface area contributed by atoms with E-state index >= 15 is 0 Å². The molecule has 1 amide bonds. The monoisotopic (exact) mass is 1020 g/mol. The number of rotatable bonds is 24. The van der Waals surface area contributed by atoms with Gasteiger partial charge in [0.2, 0.25) is 0 Å². The van der Waals surface area contributed by atoms with Crippen LogP contribution < -0.4 is 20.5 Å². The van der Waals surface area contributed by atoms with Crippen molar-refractivity contribution in [2.75, 3.05) is 39.4 Å². The van der Waals surface area contributed by atoms with E-state index in [0.29, 0.717) is 24.3 Å². The molecule has 0 aliphatic carbocycles. The average Bonchev–Trinajstić information content (AvgIpc) is 3.78. The molecule has 0 saturated carbocycles. The number of methoxy groups -OCH3 is 2. The highest BCUT2D eigenvalue weighted by molar-refractivity contribution is 7.44. The zero-order valence-electron chi connectivity index (χ0n) is 41.4. The number of aromatic nitrogens is 2. The average molecular weight is 1020 g/mol. The molecular weight excluding hydrogens is 960 g/mol. The van der Waals surface area contributed by atoms with Gasteiger partial charge in [-0.3, -0.25) is 30.1 Å². The normalized spacial score (nSPS) is 16.1. The second-order valence-corrected chi connectivity index (χ2v) is 19.0. The van der Waals surface area contributed by atoms with E-state index in [1.54, 1.807) is 38.5 Å². The maximum Gasteiger partial charge on any atom is 0.412 e. The number of carbonyl (C=O) groups is 1. The highest BCUT2D eigenvalue weighted by Gasteiger charge is 2.45. The molecule has 2 heterocycles. The lowest BCUT2D eigenvalue weighted by Gasteiger charge is -2.39. The Morgan fingerprint density at radius 2 is 1.29 bits per heavy atom. The van der Waals surface area contributed by atoms with E-state index in [2.05, 4.69) is 42.7 Å². The summed E-state index contributed by atoms with van der Waals surface area (Å²) in [6, 6.07) is 38.9. The Labute approximate surface area is 424 Å². The van der Waals surface area contributed by atoms with Crippen LogP contribution in [0.25, 0.3) is 0 Å². The van der Waals surface area contributed by atoms with Crippen molar-refractivity contribution in [1.82, 2.24) is 14.2 Å². The standard InChI is InChI=1S/C53H59N6O13P/c1-36(2)57(37(3)4)73(70-33-30-39-14-22-44(23-15-39)59(64)65)72-47-34-50(56-31-28-49(54-51(56)60)55-52(61)68-32-29-38-12-20-43(21-13-38)58(62)63)71-48(47)35-69-53(40-10-8-7-9-11-40,41-16-24-45(66-5)25-17-41)42-18-26-46(67-6)27-19-42/h7-28,31,36-37,47-48,50H,29-30,32-35H2,1-6H3,(H,54,55,60,61)/t47-,48+,50+,73?/m0/s1. The molecule has 6 aromatic rings. The van der Waals surface area contributed by atoms with E-state index < -0.39 is 54.2 Å². The number of nitro benzene ring substituents is 2. The lowest BCUT2D eigenvalue weighted by atomic mass is 9.80. The highest BCUT2D eigenvalue weighted by atomic mass is 31.2. The molecule has 1 aliphatic rings. The highest BCUT2D eigenvalue weighted by Crippen LogP contribution is 2.51. The maximum atomic E-state index is 13.9. The number of hydrogen-bond acceptors (Lipinski definition) is 15. The minimum atomic E-state index is -1.80. The van der Waals surface area contributed by atoms with E-state index in [0.717, 1.165) is 27.8 Å². The fourth-order valence-corrected chi connectivity index (χ4v) is 10.3. The molecule has 5 aromatic carbocycles.